The van der Waals surface area contributed by atoms with Crippen LogP contribution in [0.5, 0.6) is 6.01 Å². The van der Waals surface area contributed by atoms with Gasteiger partial charge >= 0.3 is 6.01 Å². The number of piperazine rings is 1. The van der Waals surface area contributed by atoms with Crippen LogP contribution < -0.4 is 14.5 Å². The van der Waals surface area contributed by atoms with Crippen molar-refractivity contribution in [3.8, 4) is 12.1 Å². The third-order valence-corrected chi connectivity index (χ3v) is 9.68. The number of amides is 1. The molecule has 1 aromatic heterocycles. The molecule has 2 aliphatic heterocycles. The average Bonchev–Trinajstić information content (AvgIpc) is 3.03. The number of nitriles is 1. The lowest BCUT2D eigenvalue weighted by atomic mass is 9.67. The van der Waals surface area contributed by atoms with Crippen LogP contribution in [0.15, 0.2) is 43.0 Å². The summed E-state index contributed by atoms with van der Waals surface area (Å²) in [6.45, 7) is 6.99. The molecule has 9 nitrogen and oxygen atoms in total. The van der Waals surface area contributed by atoms with Gasteiger partial charge in [-0.2, -0.15) is 15.2 Å². The largest absolute Gasteiger partial charge is 0.463 e. The van der Waals surface area contributed by atoms with Crippen LogP contribution in [-0.4, -0.2) is 91.3 Å². The fraction of sp³-hybridized carbons (Fsp3) is 0.471. The van der Waals surface area contributed by atoms with Crippen molar-refractivity contribution >= 4 is 39.8 Å². The first kappa shape index (κ1) is 32.0. The normalized spacial score (nSPS) is 22.8. The fourth-order valence-electron chi connectivity index (χ4n) is 7.27. The molecule has 1 saturated heterocycles. The molecule has 12 heteroatoms. The van der Waals surface area contributed by atoms with Gasteiger partial charge in [-0.15, -0.1) is 0 Å². The van der Waals surface area contributed by atoms with Crippen LogP contribution in [0.2, 0.25) is 5.02 Å². The zero-order chi connectivity index (χ0) is 32.6. The van der Waals surface area contributed by atoms with Gasteiger partial charge in [0.05, 0.1) is 42.4 Å². The van der Waals surface area contributed by atoms with E-state index in [-0.39, 0.29) is 41.4 Å². The first-order chi connectivity index (χ1) is 22.1. The number of rotatable bonds is 9. The van der Waals surface area contributed by atoms with E-state index >= 15 is 0 Å². The van der Waals surface area contributed by atoms with Gasteiger partial charge in [0, 0.05) is 54.8 Å². The molecule has 1 unspecified atom stereocenters. The predicted octanol–water partition coefficient (Wildman–Crippen LogP) is 5.16. The minimum Gasteiger partial charge on any atom is -0.463 e. The third kappa shape index (κ3) is 6.20. The van der Waals surface area contributed by atoms with Gasteiger partial charge in [-0.1, -0.05) is 36.4 Å². The Balaban J connectivity index is 1.35. The first-order valence-corrected chi connectivity index (χ1v) is 16.0. The molecule has 1 atom stereocenters. The molecule has 3 aliphatic rings. The van der Waals surface area contributed by atoms with Crippen molar-refractivity contribution in [3.63, 3.8) is 0 Å². The Morgan fingerprint density at radius 3 is 2.74 bits per heavy atom. The van der Waals surface area contributed by atoms with Gasteiger partial charge in [0.1, 0.15) is 17.8 Å². The van der Waals surface area contributed by atoms with Gasteiger partial charge in [0.15, 0.2) is 0 Å². The highest BCUT2D eigenvalue weighted by atomic mass is 35.5. The summed E-state index contributed by atoms with van der Waals surface area (Å²) < 4.78 is 35.0. The van der Waals surface area contributed by atoms with Crippen LogP contribution in [0, 0.1) is 22.6 Å². The van der Waals surface area contributed by atoms with Crippen molar-refractivity contribution in [2.24, 2.45) is 5.41 Å². The number of alkyl halides is 1. The second-order valence-corrected chi connectivity index (χ2v) is 13.3. The van der Waals surface area contributed by atoms with Crippen LogP contribution in [0.25, 0.3) is 10.8 Å². The molecular formula is C34H38ClF2N7O2. The highest BCUT2D eigenvalue weighted by Crippen LogP contribution is 2.44. The minimum absolute atomic E-state index is 0.0830. The molecule has 1 aliphatic carbocycles. The number of fused-ring (bicyclic) bond motifs is 2. The lowest BCUT2D eigenvalue weighted by molar-refractivity contribution is -0.128. The summed E-state index contributed by atoms with van der Waals surface area (Å²) in [5.41, 5.74) is 2.23. The van der Waals surface area contributed by atoms with E-state index < -0.39 is 12.0 Å². The van der Waals surface area contributed by atoms with Gasteiger partial charge in [-0.05, 0) is 57.0 Å². The number of halogens is 3. The molecule has 1 saturated carbocycles. The number of hydrogen-bond acceptors (Lipinski definition) is 8. The highest BCUT2D eigenvalue weighted by molar-refractivity contribution is 6.36. The molecule has 6 rings (SSSR count). The molecule has 2 aromatic carbocycles. The van der Waals surface area contributed by atoms with Crippen LogP contribution in [-0.2, 0) is 17.8 Å². The van der Waals surface area contributed by atoms with Gasteiger partial charge in [0.2, 0.25) is 5.91 Å². The van der Waals surface area contributed by atoms with E-state index in [9.17, 15) is 18.8 Å². The highest BCUT2D eigenvalue weighted by Gasteiger charge is 2.46. The molecule has 0 bridgehead atoms. The number of anilines is 2. The van der Waals surface area contributed by atoms with Crippen molar-refractivity contribution in [3.05, 3.63) is 65.1 Å². The SMILES string of the molecule is C=CC(=O)N1CCN(c2nc(OCC3(CN(C)C)CC(F)C3)nc3c2CCN(c2cccc4ccc(F)c(Cl)c24)C3)CC1CC#N. The summed E-state index contributed by atoms with van der Waals surface area (Å²) in [5.74, 6) is 0.0414. The van der Waals surface area contributed by atoms with E-state index in [0.29, 0.717) is 69.7 Å². The van der Waals surface area contributed by atoms with E-state index in [1.54, 1.807) is 11.0 Å². The quantitative estimate of drug-likeness (QED) is 0.294. The summed E-state index contributed by atoms with van der Waals surface area (Å²) in [5, 5.41) is 11.1. The molecule has 0 spiro atoms. The average molecular weight is 650 g/mol. The van der Waals surface area contributed by atoms with Gasteiger partial charge in [0.25, 0.3) is 0 Å². The van der Waals surface area contributed by atoms with Crippen molar-refractivity contribution < 1.29 is 18.3 Å². The third-order valence-electron chi connectivity index (χ3n) is 9.31. The summed E-state index contributed by atoms with van der Waals surface area (Å²) >= 11 is 6.49. The number of aromatic nitrogens is 2. The molecule has 3 aromatic rings. The molecule has 242 valence electrons. The molecule has 1 amide bonds. The van der Waals surface area contributed by atoms with Crippen LogP contribution in [0.1, 0.15) is 30.5 Å². The zero-order valence-electron chi connectivity index (χ0n) is 26.2. The molecule has 2 fully saturated rings. The molecule has 0 N–H and O–H groups in total. The lowest BCUT2D eigenvalue weighted by Gasteiger charge is -2.45. The van der Waals surface area contributed by atoms with Gasteiger partial charge in [-0.25, -0.2) is 8.78 Å². The maximum atomic E-state index is 14.6. The Bertz CT molecular complexity index is 1690. The number of ether oxygens (including phenoxy) is 1. The molecule has 46 heavy (non-hydrogen) atoms. The molecule has 0 radical (unpaired) electrons. The number of carbonyl (C=O) groups is 1. The smallest absolute Gasteiger partial charge is 0.318 e. The maximum absolute atomic E-state index is 14.6. The Hall–Kier alpha value is -4.01. The van der Waals surface area contributed by atoms with Crippen LogP contribution in [0.4, 0.5) is 20.3 Å². The van der Waals surface area contributed by atoms with Crippen LogP contribution in [0.3, 0.4) is 0 Å². The second kappa shape index (κ2) is 13.0. The molecular weight excluding hydrogens is 612 g/mol. The van der Waals surface area contributed by atoms with E-state index in [1.807, 2.05) is 37.2 Å². The van der Waals surface area contributed by atoms with E-state index in [0.717, 1.165) is 22.3 Å². The molecule has 3 heterocycles. The Morgan fingerprint density at radius 1 is 1.22 bits per heavy atom. The van der Waals surface area contributed by atoms with Gasteiger partial charge in [-0.3, -0.25) is 4.79 Å². The van der Waals surface area contributed by atoms with E-state index in [4.69, 9.17) is 26.3 Å². The lowest BCUT2D eigenvalue weighted by Crippen LogP contribution is -2.55. The Kier molecular flexibility index (Phi) is 9.03. The van der Waals surface area contributed by atoms with Gasteiger partial charge < -0.3 is 24.3 Å². The summed E-state index contributed by atoms with van der Waals surface area (Å²) in [4.78, 5) is 30.4. The Labute approximate surface area is 273 Å². The number of hydrogen-bond donors (Lipinski definition) is 0. The summed E-state index contributed by atoms with van der Waals surface area (Å²) in [6.07, 6.45) is 2.06. The Morgan fingerprint density at radius 2 is 2.02 bits per heavy atom. The van der Waals surface area contributed by atoms with Crippen molar-refractivity contribution in [2.75, 3.05) is 63.2 Å². The minimum atomic E-state index is -0.846. The topological polar surface area (TPSA) is 88.8 Å². The van der Waals surface area contributed by atoms with Crippen molar-refractivity contribution in [1.29, 1.82) is 5.26 Å². The van der Waals surface area contributed by atoms with E-state index in [1.165, 1.54) is 12.1 Å². The zero-order valence-corrected chi connectivity index (χ0v) is 26.9. The van der Waals surface area contributed by atoms with E-state index in [2.05, 4.69) is 22.4 Å². The number of carbonyl (C=O) groups excluding carboxylic acids is 1. The standard InChI is InChI=1S/C34H38ClF2N7O2/c1-4-29(45)44-15-14-43(18-24(44)10-12-38)32-25-11-13-42(28-7-5-6-22-8-9-26(37)31(35)30(22)28)19-27(25)39-33(40-32)46-21-34(20-41(2)3)16-23(36)17-34/h4-9,23-24H,1,10-11,13-21H2,2-3H3. The number of nitrogens with zero attached hydrogens (tertiary/aromatic N) is 7. The predicted molar refractivity (Wildman–Crippen MR) is 174 cm³/mol. The first-order valence-electron chi connectivity index (χ1n) is 15.6. The van der Waals surface area contributed by atoms with Crippen molar-refractivity contribution in [1.82, 2.24) is 19.8 Å². The monoisotopic (exact) mass is 649 g/mol. The second-order valence-electron chi connectivity index (χ2n) is 12.9. The maximum Gasteiger partial charge on any atom is 0.318 e. The summed E-state index contributed by atoms with van der Waals surface area (Å²) in [6, 6.07) is 11.0. The number of benzene rings is 2. The summed E-state index contributed by atoms with van der Waals surface area (Å²) in [7, 11) is 3.93. The fourth-order valence-corrected chi connectivity index (χ4v) is 7.54. The van der Waals surface area contributed by atoms with Crippen molar-refractivity contribution in [2.45, 2.75) is 44.4 Å². The van der Waals surface area contributed by atoms with Crippen LogP contribution >= 0.6 is 11.6 Å².